The van der Waals surface area contributed by atoms with E-state index in [2.05, 4.69) is 62.2 Å². The Morgan fingerprint density at radius 2 is 1.82 bits per heavy atom. The Morgan fingerprint density at radius 3 is 2.53 bits per heavy atom. The van der Waals surface area contributed by atoms with Crippen LogP contribution in [0, 0.1) is 6.92 Å². The van der Waals surface area contributed by atoms with Crippen molar-refractivity contribution in [3.8, 4) is 28.4 Å². The van der Waals surface area contributed by atoms with E-state index < -0.39 is 0 Å². The van der Waals surface area contributed by atoms with E-state index in [0.717, 1.165) is 27.1 Å². The molecule has 2 N–H and O–H groups in total. The van der Waals surface area contributed by atoms with Gasteiger partial charge in [-0.1, -0.05) is 46.3 Å². The zero-order valence-corrected chi connectivity index (χ0v) is 20.4. The van der Waals surface area contributed by atoms with E-state index in [4.69, 9.17) is 4.74 Å². The first kappa shape index (κ1) is 23.3. The molecule has 34 heavy (non-hydrogen) atoms. The summed E-state index contributed by atoms with van der Waals surface area (Å²) in [6.45, 7) is 4.30. The van der Waals surface area contributed by atoms with Gasteiger partial charge in [0.25, 0.3) is 5.91 Å². The second kappa shape index (κ2) is 10.4. The lowest BCUT2D eigenvalue weighted by Crippen LogP contribution is -2.17. The predicted molar refractivity (Wildman–Crippen MR) is 138 cm³/mol. The van der Waals surface area contributed by atoms with Gasteiger partial charge in [0.15, 0.2) is 11.5 Å². The molecule has 0 aliphatic heterocycles. The number of amides is 1. The van der Waals surface area contributed by atoms with E-state index in [1.807, 2.05) is 37.3 Å². The van der Waals surface area contributed by atoms with Gasteiger partial charge in [0.1, 0.15) is 0 Å². The van der Waals surface area contributed by atoms with E-state index in [0.29, 0.717) is 23.5 Å². The van der Waals surface area contributed by atoms with Crippen molar-refractivity contribution in [1.29, 1.82) is 0 Å². The zero-order chi connectivity index (χ0) is 24.1. The third-order valence-electron chi connectivity index (χ3n) is 5.27. The fourth-order valence-corrected chi connectivity index (χ4v) is 4.12. The molecule has 0 atom stereocenters. The number of carbonyl (C=O) groups excluding carboxylic acids is 1. The molecule has 0 saturated heterocycles. The summed E-state index contributed by atoms with van der Waals surface area (Å²) in [5.41, 5.74) is 7.66. The van der Waals surface area contributed by atoms with Crippen molar-refractivity contribution in [3.63, 3.8) is 0 Å². The van der Waals surface area contributed by atoms with Gasteiger partial charge in [-0.05, 0) is 67.9 Å². The number of hydrogen-bond donors (Lipinski definition) is 2. The Kier molecular flexibility index (Phi) is 7.13. The summed E-state index contributed by atoms with van der Waals surface area (Å²) in [5.74, 6) is -0.0473. The van der Waals surface area contributed by atoms with Crippen LogP contribution in [0.5, 0.6) is 11.5 Å². The van der Waals surface area contributed by atoms with Gasteiger partial charge in [-0.3, -0.25) is 4.79 Å². The molecule has 0 fully saturated rings. The molecule has 6 nitrogen and oxygen atoms in total. The minimum Gasteiger partial charge on any atom is -0.504 e. The number of rotatable bonds is 7. The van der Waals surface area contributed by atoms with Gasteiger partial charge in [-0.25, -0.2) is 5.43 Å². The molecular formula is C27H24BrN3O3. The van der Waals surface area contributed by atoms with Crippen molar-refractivity contribution in [2.24, 2.45) is 5.10 Å². The second-order valence-electron chi connectivity index (χ2n) is 7.58. The first-order chi connectivity index (χ1) is 16.5. The first-order valence-electron chi connectivity index (χ1n) is 10.8. The number of aromatic hydroxyl groups is 1. The topological polar surface area (TPSA) is 75.8 Å². The highest BCUT2D eigenvalue weighted by Gasteiger charge is 2.12. The van der Waals surface area contributed by atoms with Crippen LogP contribution in [0.3, 0.4) is 0 Å². The number of nitrogens with one attached hydrogen (secondary N) is 1. The molecule has 0 aliphatic rings. The molecule has 3 aromatic carbocycles. The lowest BCUT2D eigenvalue weighted by Gasteiger charge is -2.12. The molecule has 172 valence electrons. The average Bonchev–Trinajstić information content (AvgIpc) is 3.24. The summed E-state index contributed by atoms with van der Waals surface area (Å²) in [7, 11) is 0. The molecule has 1 heterocycles. The maximum Gasteiger partial charge on any atom is 0.271 e. The van der Waals surface area contributed by atoms with Gasteiger partial charge in [0, 0.05) is 27.0 Å². The van der Waals surface area contributed by atoms with E-state index in [-0.39, 0.29) is 11.7 Å². The van der Waals surface area contributed by atoms with Crippen molar-refractivity contribution in [1.82, 2.24) is 9.99 Å². The minimum atomic E-state index is -0.352. The summed E-state index contributed by atoms with van der Waals surface area (Å²) in [6, 6.07) is 25.0. The smallest absolute Gasteiger partial charge is 0.271 e. The molecule has 0 bridgehead atoms. The largest absolute Gasteiger partial charge is 0.504 e. The van der Waals surface area contributed by atoms with Gasteiger partial charge < -0.3 is 14.4 Å². The van der Waals surface area contributed by atoms with Crippen molar-refractivity contribution in [2.75, 3.05) is 6.61 Å². The molecule has 7 heteroatoms. The Bertz CT molecular complexity index is 1330. The molecule has 0 unspecified atom stereocenters. The number of aryl methyl sites for hydroxylation is 1. The maximum atomic E-state index is 12.6. The maximum absolute atomic E-state index is 12.6. The van der Waals surface area contributed by atoms with Crippen molar-refractivity contribution in [3.05, 3.63) is 100 Å². The van der Waals surface area contributed by atoms with Gasteiger partial charge in [-0.15, -0.1) is 0 Å². The molecule has 1 aromatic heterocycles. The standard InChI is InChI=1S/C27H24BrN3O3/c1-3-34-25-16-22(28)15-21(26(25)32)17-29-30-27(33)20-10-12-23(13-11-20)31-18(2)9-14-24(31)19-7-5-4-6-8-19/h4-17,32H,3H2,1-2H3,(H,30,33)/b29-17+. The fourth-order valence-electron chi connectivity index (χ4n) is 3.66. The van der Waals surface area contributed by atoms with Gasteiger partial charge in [0.05, 0.1) is 18.5 Å². The molecule has 0 aliphatic carbocycles. The SMILES string of the molecule is CCOc1cc(Br)cc(/C=N/NC(=O)c2ccc(-n3c(C)ccc3-c3ccccc3)cc2)c1O. The van der Waals surface area contributed by atoms with Gasteiger partial charge in [0.2, 0.25) is 0 Å². The molecule has 4 rings (SSSR count). The lowest BCUT2D eigenvalue weighted by atomic mass is 10.1. The van der Waals surface area contributed by atoms with Crippen molar-refractivity contribution in [2.45, 2.75) is 13.8 Å². The molecular weight excluding hydrogens is 494 g/mol. The van der Waals surface area contributed by atoms with E-state index in [1.54, 1.807) is 24.3 Å². The number of benzene rings is 3. The van der Waals surface area contributed by atoms with Crippen LogP contribution in [0.15, 0.2) is 88.4 Å². The quantitative estimate of drug-likeness (QED) is 0.230. The first-order valence-corrected chi connectivity index (χ1v) is 11.6. The van der Waals surface area contributed by atoms with Crippen LogP contribution in [0.25, 0.3) is 16.9 Å². The Morgan fingerprint density at radius 1 is 1.09 bits per heavy atom. The molecule has 0 saturated carbocycles. The summed E-state index contributed by atoms with van der Waals surface area (Å²) >= 11 is 3.38. The zero-order valence-electron chi connectivity index (χ0n) is 18.8. The fraction of sp³-hybridized carbons (Fsp3) is 0.111. The Labute approximate surface area is 206 Å². The van der Waals surface area contributed by atoms with Crippen LogP contribution in [0.4, 0.5) is 0 Å². The van der Waals surface area contributed by atoms with Crippen LogP contribution in [-0.2, 0) is 0 Å². The Hall–Kier alpha value is -3.84. The highest BCUT2D eigenvalue weighted by Crippen LogP contribution is 2.33. The number of carbonyl (C=O) groups is 1. The van der Waals surface area contributed by atoms with Crippen LogP contribution >= 0.6 is 15.9 Å². The number of phenols is 1. The van der Waals surface area contributed by atoms with Crippen LogP contribution in [-0.4, -0.2) is 28.4 Å². The number of ether oxygens (including phenoxy) is 1. The molecule has 4 aromatic rings. The minimum absolute atomic E-state index is 0.0382. The second-order valence-corrected chi connectivity index (χ2v) is 8.50. The summed E-state index contributed by atoms with van der Waals surface area (Å²) in [5, 5.41) is 14.3. The lowest BCUT2D eigenvalue weighted by molar-refractivity contribution is 0.0955. The predicted octanol–water partition coefficient (Wildman–Crippen LogP) is 6.08. The van der Waals surface area contributed by atoms with Crippen molar-refractivity contribution >= 4 is 28.1 Å². The summed E-state index contributed by atoms with van der Waals surface area (Å²) in [6.07, 6.45) is 1.38. The van der Waals surface area contributed by atoms with Gasteiger partial charge >= 0.3 is 0 Å². The number of aromatic nitrogens is 1. The van der Waals surface area contributed by atoms with Crippen LogP contribution in [0.2, 0.25) is 0 Å². The highest BCUT2D eigenvalue weighted by atomic mass is 79.9. The van der Waals surface area contributed by atoms with Gasteiger partial charge in [-0.2, -0.15) is 5.10 Å². The average molecular weight is 518 g/mol. The normalized spacial score (nSPS) is 11.0. The third-order valence-corrected chi connectivity index (χ3v) is 5.73. The van der Waals surface area contributed by atoms with Crippen LogP contribution in [0.1, 0.15) is 28.5 Å². The third kappa shape index (κ3) is 5.05. The molecule has 1 amide bonds. The summed E-state index contributed by atoms with van der Waals surface area (Å²) < 4.78 is 8.29. The van der Waals surface area contributed by atoms with Crippen LogP contribution < -0.4 is 10.2 Å². The molecule has 0 radical (unpaired) electrons. The number of nitrogens with zero attached hydrogens (tertiary/aromatic N) is 2. The number of hydrogen-bond acceptors (Lipinski definition) is 4. The van der Waals surface area contributed by atoms with E-state index in [1.165, 1.54) is 6.21 Å². The Balaban J connectivity index is 1.50. The van der Waals surface area contributed by atoms with E-state index >= 15 is 0 Å². The molecule has 0 spiro atoms. The van der Waals surface area contributed by atoms with E-state index in [9.17, 15) is 9.90 Å². The number of halogens is 1. The number of hydrazone groups is 1. The summed E-state index contributed by atoms with van der Waals surface area (Å²) in [4.78, 5) is 12.6. The number of phenolic OH excluding ortho intramolecular Hbond substituents is 1. The monoisotopic (exact) mass is 517 g/mol. The highest BCUT2D eigenvalue weighted by molar-refractivity contribution is 9.10. The van der Waals surface area contributed by atoms with Crippen molar-refractivity contribution < 1.29 is 14.6 Å².